The quantitative estimate of drug-likeness (QED) is 0.716. The van der Waals surface area contributed by atoms with Gasteiger partial charge in [-0.2, -0.15) is 13.2 Å². The van der Waals surface area contributed by atoms with E-state index in [1.807, 2.05) is 0 Å². The fourth-order valence-electron chi connectivity index (χ4n) is 0.711. The van der Waals surface area contributed by atoms with Gasteiger partial charge in [-0.1, -0.05) is 11.6 Å². The van der Waals surface area contributed by atoms with Crippen LogP contribution >= 0.6 is 11.6 Å². The molecular weight excluding hydrogens is 209 g/mol. The zero-order valence-corrected chi connectivity index (χ0v) is 7.15. The van der Waals surface area contributed by atoms with E-state index in [9.17, 15) is 13.2 Å². The molecule has 1 heterocycles. The van der Waals surface area contributed by atoms with Gasteiger partial charge in [0.25, 0.3) is 0 Å². The van der Waals surface area contributed by atoms with E-state index >= 15 is 0 Å². The highest BCUT2D eigenvalue weighted by molar-refractivity contribution is 6.29. The Kier molecular flexibility index (Phi) is 2.60. The number of hydrogen-bond acceptors (Lipinski definition) is 3. The van der Waals surface area contributed by atoms with Crippen LogP contribution in [-0.4, -0.2) is 17.3 Å². The van der Waals surface area contributed by atoms with Gasteiger partial charge in [0, 0.05) is 0 Å². The molecule has 0 saturated heterocycles. The lowest BCUT2D eigenvalue weighted by molar-refractivity contribution is -0.139. The molecule has 3 nitrogen and oxygen atoms in total. The van der Waals surface area contributed by atoms with Crippen molar-refractivity contribution < 1.29 is 17.9 Å². The summed E-state index contributed by atoms with van der Waals surface area (Å²) in [6.45, 7) is 0. The largest absolute Gasteiger partial charge is 0.479 e. The fourth-order valence-corrected chi connectivity index (χ4v) is 0.858. The molecule has 0 aliphatic heterocycles. The molecular formula is C6H4ClF3N2O. The van der Waals surface area contributed by atoms with Crippen LogP contribution in [0.4, 0.5) is 13.2 Å². The third-order valence-electron chi connectivity index (χ3n) is 1.23. The van der Waals surface area contributed by atoms with Crippen molar-refractivity contribution in [2.75, 3.05) is 7.11 Å². The van der Waals surface area contributed by atoms with Crippen LogP contribution in [0.25, 0.3) is 0 Å². The third kappa shape index (κ3) is 2.21. The van der Waals surface area contributed by atoms with Crippen LogP contribution in [0.15, 0.2) is 6.07 Å². The van der Waals surface area contributed by atoms with Crippen molar-refractivity contribution in [3.8, 4) is 5.88 Å². The van der Waals surface area contributed by atoms with Crippen molar-refractivity contribution >= 4 is 11.6 Å². The lowest BCUT2D eigenvalue weighted by Gasteiger charge is -2.09. The first-order chi connectivity index (χ1) is 5.95. The molecule has 0 unspecified atom stereocenters. The number of aromatic nitrogens is 2. The first-order valence-corrected chi connectivity index (χ1v) is 3.47. The zero-order valence-electron chi connectivity index (χ0n) is 6.39. The van der Waals surface area contributed by atoms with E-state index in [0.29, 0.717) is 6.07 Å². The number of nitrogens with zero attached hydrogens (tertiary/aromatic N) is 2. The van der Waals surface area contributed by atoms with Crippen LogP contribution in [-0.2, 0) is 6.18 Å². The first-order valence-electron chi connectivity index (χ1n) is 3.09. The van der Waals surface area contributed by atoms with Gasteiger partial charge in [-0.05, 0) is 6.07 Å². The minimum absolute atomic E-state index is 0.326. The van der Waals surface area contributed by atoms with Gasteiger partial charge in [-0.15, -0.1) is 10.2 Å². The van der Waals surface area contributed by atoms with Crippen molar-refractivity contribution in [3.05, 3.63) is 16.8 Å². The van der Waals surface area contributed by atoms with E-state index in [0.717, 1.165) is 7.11 Å². The maximum Gasteiger partial charge on any atom is 0.421 e. The Bertz CT molecular complexity index is 315. The van der Waals surface area contributed by atoms with Gasteiger partial charge in [0.2, 0.25) is 5.88 Å². The predicted octanol–water partition coefficient (Wildman–Crippen LogP) is 2.16. The summed E-state index contributed by atoms with van der Waals surface area (Å²) in [5, 5.41) is 6.03. The summed E-state index contributed by atoms with van der Waals surface area (Å²) in [7, 11) is 1.08. The second-order valence-corrected chi connectivity index (χ2v) is 2.48. The Balaban J connectivity index is 3.24. The van der Waals surface area contributed by atoms with E-state index in [4.69, 9.17) is 11.6 Å². The summed E-state index contributed by atoms with van der Waals surface area (Å²) in [5.41, 5.74) is -1.03. The average Bonchev–Trinajstić information content (AvgIpc) is 2.03. The molecule has 13 heavy (non-hydrogen) atoms. The number of alkyl halides is 3. The Labute approximate surface area is 76.5 Å². The molecule has 0 radical (unpaired) electrons. The summed E-state index contributed by atoms with van der Waals surface area (Å²) in [4.78, 5) is 0. The topological polar surface area (TPSA) is 35.0 Å². The van der Waals surface area contributed by atoms with Crippen molar-refractivity contribution in [3.63, 3.8) is 0 Å². The molecule has 0 atom stereocenters. The molecule has 7 heteroatoms. The Morgan fingerprint density at radius 2 is 2.00 bits per heavy atom. The SMILES string of the molecule is COc1nnc(Cl)cc1C(F)(F)F. The summed E-state index contributed by atoms with van der Waals surface area (Å²) in [6.07, 6.45) is -4.54. The molecule has 0 aliphatic carbocycles. The smallest absolute Gasteiger partial charge is 0.421 e. The summed E-state index contributed by atoms with van der Waals surface area (Å²) < 4.78 is 41.0. The molecule has 1 aromatic heterocycles. The first kappa shape index (κ1) is 10.0. The molecule has 0 amide bonds. The van der Waals surface area contributed by atoms with E-state index in [1.165, 1.54) is 0 Å². The van der Waals surface area contributed by atoms with E-state index in [-0.39, 0.29) is 5.15 Å². The molecule has 0 fully saturated rings. The highest BCUT2D eigenvalue weighted by atomic mass is 35.5. The zero-order chi connectivity index (χ0) is 10.1. The van der Waals surface area contributed by atoms with Gasteiger partial charge in [-0.3, -0.25) is 0 Å². The molecule has 0 bridgehead atoms. The third-order valence-corrected chi connectivity index (χ3v) is 1.41. The lowest BCUT2D eigenvalue weighted by atomic mass is 10.3. The monoisotopic (exact) mass is 212 g/mol. The molecule has 0 aliphatic rings. The van der Waals surface area contributed by atoms with Crippen LogP contribution < -0.4 is 4.74 Å². The van der Waals surface area contributed by atoms with Crippen molar-refractivity contribution in [1.29, 1.82) is 0 Å². The number of rotatable bonds is 1. The normalized spacial score (nSPS) is 11.5. The molecule has 1 aromatic rings. The lowest BCUT2D eigenvalue weighted by Crippen LogP contribution is -2.09. The summed E-state index contributed by atoms with van der Waals surface area (Å²) in [5.74, 6) is -0.586. The Morgan fingerprint density at radius 1 is 1.38 bits per heavy atom. The standard InChI is InChI=1S/C6H4ClF3N2O/c1-13-5-3(6(8,9)10)2-4(7)11-12-5/h2H,1H3. The number of hydrogen-bond donors (Lipinski definition) is 0. The summed E-state index contributed by atoms with van der Waals surface area (Å²) in [6, 6.07) is 0.660. The van der Waals surface area contributed by atoms with Crippen LogP contribution in [0.3, 0.4) is 0 Å². The van der Waals surface area contributed by atoms with E-state index < -0.39 is 17.6 Å². The van der Waals surface area contributed by atoms with Gasteiger partial charge in [-0.25, -0.2) is 0 Å². The molecule has 0 aromatic carbocycles. The van der Waals surface area contributed by atoms with Crippen molar-refractivity contribution in [2.24, 2.45) is 0 Å². The molecule has 0 saturated carbocycles. The van der Waals surface area contributed by atoms with Gasteiger partial charge in [0.15, 0.2) is 5.15 Å². The number of methoxy groups -OCH3 is 1. The average molecular weight is 213 g/mol. The van der Waals surface area contributed by atoms with Crippen LogP contribution in [0, 0.1) is 0 Å². The predicted molar refractivity (Wildman–Crippen MR) is 38.6 cm³/mol. The minimum Gasteiger partial charge on any atom is -0.479 e. The van der Waals surface area contributed by atoms with Crippen molar-refractivity contribution in [1.82, 2.24) is 10.2 Å². The minimum atomic E-state index is -4.54. The van der Waals surface area contributed by atoms with Gasteiger partial charge < -0.3 is 4.74 Å². The highest BCUT2D eigenvalue weighted by Crippen LogP contribution is 2.35. The maximum atomic E-state index is 12.2. The van der Waals surface area contributed by atoms with Gasteiger partial charge in [0.1, 0.15) is 5.56 Å². The van der Waals surface area contributed by atoms with Gasteiger partial charge in [0.05, 0.1) is 7.11 Å². The van der Waals surface area contributed by atoms with E-state index in [2.05, 4.69) is 14.9 Å². The number of halogens is 4. The summed E-state index contributed by atoms with van der Waals surface area (Å²) >= 11 is 5.25. The van der Waals surface area contributed by atoms with Gasteiger partial charge >= 0.3 is 6.18 Å². The molecule has 0 spiro atoms. The van der Waals surface area contributed by atoms with E-state index in [1.54, 1.807) is 0 Å². The van der Waals surface area contributed by atoms with Crippen LogP contribution in [0.5, 0.6) is 5.88 Å². The molecule has 1 rings (SSSR count). The fraction of sp³-hybridized carbons (Fsp3) is 0.333. The molecule has 72 valence electrons. The second-order valence-electron chi connectivity index (χ2n) is 2.09. The van der Waals surface area contributed by atoms with Crippen LogP contribution in [0.1, 0.15) is 5.56 Å². The maximum absolute atomic E-state index is 12.2. The Morgan fingerprint density at radius 3 is 2.46 bits per heavy atom. The highest BCUT2D eigenvalue weighted by Gasteiger charge is 2.35. The van der Waals surface area contributed by atoms with Crippen molar-refractivity contribution in [2.45, 2.75) is 6.18 Å². The Hall–Kier alpha value is -1.04. The second kappa shape index (κ2) is 3.37. The molecule has 0 N–H and O–H groups in total. The van der Waals surface area contributed by atoms with Crippen LogP contribution in [0.2, 0.25) is 5.15 Å². The number of ether oxygens (including phenoxy) is 1.